The summed E-state index contributed by atoms with van der Waals surface area (Å²) >= 11 is 0. The van der Waals surface area contributed by atoms with Gasteiger partial charge in [0.25, 0.3) is 5.91 Å². The number of rotatable bonds is 4. The Morgan fingerprint density at radius 2 is 1.96 bits per heavy atom. The highest BCUT2D eigenvalue weighted by molar-refractivity contribution is 6.09. The molecular formula is C18H14N6O3. The van der Waals surface area contributed by atoms with E-state index in [1.165, 1.54) is 18.1 Å². The molecule has 0 spiro atoms. The topological polar surface area (TPSA) is 114 Å². The average Bonchev–Trinajstić information content (AvgIpc) is 3.25. The molecule has 0 aliphatic carbocycles. The minimum absolute atomic E-state index is 0.0579. The van der Waals surface area contributed by atoms with Crippen LogP contribution in [0.3, 0.4) is 0 Å². The summed E-state index contributed by atoms with van der Waals surface area (Å²) in [5.74, 6) is -1.58. The van der Waals surface area contributed by atoms with Crippen LogP contribution in [-0.2, 0) is 7.05 Å². The van der Waals surface area contributed by atoms with Gasteiger partial charge in [-0.3, -0.25) is 13.9 Å². The maximum absolute atomic E-state index is 12.5. The number of aryl methyl sites for hydroxylation is 1. The van der Waals surface area contributed by atoms with Crippen LogP contribution in [-0.4, -0.2) is 41.1 Å². The molecule has 0 atom stereocenters. The molecular weight excluding hydrogens is 348 g/mol. The Balaban J connectivity index is 1.64. The number of nitrogens with one attached hydrogen (secondary N) is 1. The van der Waals surface area contributed by atoms with Crippen molar-refractivity contribution in [2.24, 2.45) is 7.05 Å². The van der Waals surface area contributed by atoms with Crippen molar-refractivity contribution >= 4 is 23.3 Å². The molecule has 0 bridgehead atoms. The monoisotopic (exact) mass is 362 g/mol. The SMILES string of the molecule is Cn1ncc(C(=O)O)c1C(=O)Nc1cc2nc(-c3ccccc3)cn2cn1. The molecule has 4 aromatic rings. The summed E-state index contributed by atoms with van der Waals surface area (Å²) in [5.41, 5.74) is 2.11. The number of hydrogen-bond acceptors (Lipinski definition) is 5. The second-order valence-corrected chi connectivity index (χ2v) is 5.82. The maximum atomic E-state index is 12.5. The van der Waals surface area contributed by atoms with Gasteiger partial charge in [0.2, 0.25) is 0 Å². The van der Waals surface area contributed by atoms with E-state index in [-0.39, 0.29) is 17.1 Å². The number of carbonyl (C=O) groups is 2. The molecule has 0 radical (unpaired) electrons. The maximum Gasteiger partial charge on any atom is 0.339 e. The standard InChI is InChI=1S/C18H14N6O3/c1-23-16(12(8-20-23)18(26)27)17(25)22-14-7-15-21-13(9-24(15)10-19-14)11-5-3-2-4-6-11/h2-10H,1H3,(H,22,25)(H,26,27). The van der Waals surface area contributed by atoms with Crippen molar-refractivity contribution in [3.63, 3.8) is 0 Å². The molecule has 0 saturated carbocycles. The van der Waals surface area contributed by atoms with Gasteiger partial charge in [0, 0.05) is 24.9 Å². The molecule has 27 heavy (non-hydrogen) atoms. The lowest BCUT2D eigenvalue weighted by Crippen LogP contribution is -2.20. The van der Waals surface area contributed by atoms with E-state index in [2.05, 4.69) is 20.4 Å². The van der Waals surface area contributed by atoms with Crippen LogP contribution in [0, 0.1) is 0 Å². The number of nitrogens with zero attached hydrogens (tertiary/aromatic N) is 5. The number of amides is 1. The third-order valence-electron chi connectivity index (χ3n) is 4.04. The first-order valence-electron chi connectivity index (χ1n) is 8.00. The Morgan fingerprint density at radius 1 is 1.19 bits per heavy atom. The summed E-state index contributed by atoms with van der Waals surface area (Å²) in [6, 6.07) is 11.3. The third-order valence-corrected chi connectivity index (χ3v) is 4.04. The fourth-order valence-corrected chi connectivity index (χ4v) is 2.75. The number of fused-ring (bicyclic) bond motifs is 1. The van der Waals surface area contributed by atoms with Crippen LogP contribution in [0.2, 0.25) is 0 Å². The van der Waals surface area contributed by atoms with E-state index in [1.807, 2.05) is 36.5 Å². The van der Waals surface area contributed by atoms with Crippen LogP contribution in [0.5, 0.6) is 0 Å². The fraction of sp³-hybridized carbons (Fsp3) is 0.0556. The molecule has 0 aliphatic heterocycles. The van der Waals surface area contributed by atoms with E-state index in [9.17, 15) is 14.7 Å². The molecule has 3 heterocycles. The number of carboxylic acid groups (broad SMARTS) is 1. The first-order chi connectivity index (χ1) is 13.0. The van der Waals surface area contributed by atoms with E-state index in [4.69, 9.17) is 0 Å². The Kier molecular flexibility index (Phi) is 3.88. The Labute approximate surface area is 152 Å². The average molecular weight is 362 g/mol. The lowest BCUT2D eigenvalue weighted by molar-refractivity contribution is 0.0692. The minimum atomic E-state index is -1.22. The van der Waals surface area contributed by atoms with Gasteiger partial charge in [0.15, 0.2) is 0 Å². The number of aromatic carboxylic acids is 1. The van der Waals surface area contributed by atoms with Gasteiger partial charge < -0.3 is 10.4 Å². The van der Waals surface area contributed by atoms with Crippen molar-refractivity contribution in [1.82, 2.24) is 24.1 Å². The molecule has 2 N–H and O–H groups in total. The predicted molar refractivity (Wildman–Crippen MR) is 96.5 cm³/mol. The number of carboxylic acids is 1. The molecule has 4 rings (SSSR count). The molecule has 0 saturated heterocycles. The first-order valence-corrected chi connectivity index (χ1v) is 8.00. The van der Waals surface area contributed by atoms with Gasteiger partial charge in [-0.1, -0.05) is 30.3 Å². The second kappa shape index (κ2) is 6.37. The van der Waals surface area contributed by atoms with Crippen LogP contribution in [0.1, 0.15) is 20.8 Å². The molecule has 0 aliphatic rings. The number of hydrogen-bond donors (Lipinski definition) is 2. The van der Waals surface area contributed by atoms with Crippen molar-refractivity contribution in [2.75, 3.05) is 5.32 Å². The molecule has 9 heteroatoms. The van der Waals surface area contributed by atoms with E-state index in [1.54, 1.807) is 10.5 Å². The largest absolute Gasteiger partial charge is 0.478 e. The zero-order valence-corrected chi connectivity index (χ0v) is 14.2. The molecule has 0 unspecified atom stereocenters. The smallest absolute Gasteiger partial charge is 0.339 e. The molecule has 9 nitrogen and oxygen atoms in total. The fourth-order valence-electron chi connectivity index (χ4n) is 2.75. The second-order valence-electron chi connectivity index (χ2n) is 5.82. The number of carbonyl (C=O) groups excluding carboxylic acids is 1. The minimum Gasteiger partial charge on any atom is -0.478 e. The first kappa shape index (κ1) is 16.5. The van der Waals surface area contributed by atoms with Gasteiger partial charge in [-0.15, -0.1) is 0 Å². The number of benzene rings is 1. The summed E-state index contributed by atoms with van der Waals surface area (Å²) < 4.78 is 2.95. The summed E-state index contributed by atoms with van der Waals surface area (Å²) in [6.45, 7) is 0. The van der Waals surface area contributed by atoms with Crippen LogP contribution in [0.25, 0.3) is 16.9 Å². The predicted octanol–water partition coefficient (Wildman–Crippen LogP) is 2.08. The highest BCUT2D eigenvalue weighted by atomic mass is 16.4. The van der Waals surface area contributed by atoms with Crippen LogP contribution < -0.4 is 5.32 Å². The highest BCUT2D eigenvalue weighted by Gasteiger charge is 2.22. The van der Waals surface area contributed by atoms with Crippen molar-refractivity contribution in [2.45, 2.75) is 0 Å². The summed E-state index contributed by atoms with van der Waals surface area (Å²) in [6.07, 6.45) is 4.51. The van der Waals surface area contributed by atoms with Gasteiger partial charge >= 0.3 is 5.97 Å². The molecule has 134 valence electrons. The number of imidazole rings is 1. The van der Waals surface area contributed by atoms with E-state index >= 15 is 0 Å². The summed E-state index contributed by atoms with van der Waals surface area (Å²) in [4.78, 5) is 32.4. The normalized spacial score (nSPS) is 10.9. The van der Waals surface area contributed by atoms with Gasteiger partial charge in [0.1, 0.15) is 29.0 Å². The van der Waals surface area contributed by atoms with Gasteiger partial charge in [-0.2, -0.15) is 5.10 Å². The Bertz CT molecular complexity index is 1160. The summed E-state index contributed by atoms with van der Waals surface area (Å²) in [5, 5.41) is 15.6. The van der Waals surface area contributed by atoms with Crippen molar-refractivity contribution in [3.05, 3.63) is 66.4 Å². The van der Waals surface area contributed by atoms with Crippen LogP contribution in [0.15, 0.2) is 55.1 Å². The number of anilines is 1. The van der Waals surface area contributed by atoms with E-state index < -0.39 is 11.9 Å². The Morgan fingerprint density at radius 3 is 2.70 bits per heavy atom. The highest BCUT2D eigenvalue weighted by Crippen LogP contribution is 2.20. The zero-order chi connectivity index (χ0) is 19.0. The van der Waals surface area contributed by atoms with Crippen LogP contribution in [0.4, 0.5) is 5.82 Å². The lowest BCUT2D eigenvalue weighted by atomic mass is 10.2. The molecule has 3 aromatic heterocycles. The van der Waals surface area contributed by atoms with Crippen molar-refractivity contribution < 1.29 is 14.7 Å². The summed E-state index contributed by atoms with van der Waals surface area (Å²) in [7, 11) is 1.50. The molecule has 1 amide bonds. The third kappa shape index (κ3) is 3.01. The molecule has 1 aromatic carbocycles. The van der Waals surface area contributed by atoms with Gasteiger partial charge in [0.05, 0.1) is 11.9 Å². The van der Waals surface area contributed by atoms with Gasteiger partial charge in [-0.05, 0) is 0 Å². The Hall–Kier alpha value is -4.01. The molecule has 0 fully saturated rings. The quantitative estimate of drug-likeness (QED) is 0.574. The number of aromatic nitrogens is 5. The lowest BCUT2D eigenvalue weighted by Gasteiger charge is -2.06. The van der Waals surface area contributed by atoms with Crippen LogP contribution >= 0.6 is 0 Å². The van der Waals surface area contributed by atoms with Crippen molar-refractivity contribution in [3.8, 4) is 11.3 Å². The van der Waals surface area contributed by atoms with Gasteiger partial charge in [-0.25, -0.2) is 14.8 Å². The van der Waals surface area contributed by atoms with E-state index in [0.29, 0.717) is 5.65 Å². The zero-order valence-electron chi connectivity index (χ0n) is 14.2. The van der Waals surface area contributed by atoms with E-state index in [0.717, 1.165) is 17.5 Å². The van der Waals surface area contributed by atoms with Crippen molar-refractivity contribution in [1.29, 1.82) is 0 Å².